The first-order valence-electron chi connectivity index (χ1n) is 8.00. The molecule has 0 saturated heterocycles. The van der Waals surface area contributed by atoms with E-state index < -0.39 is 34.6 Å². The van der Waals surface area contributed by atoms with Crippen LogP contribution in [-0.4, -0.2) is 30.0 Å². The fourth-order valence-electron chi connectivity index (χ4n) is 2.71. The summed E-state index contributed by atoms with van der Waals surface area (Å²) < 4.78 is 52.0. The van der Waals surface area contributed by atoms with Crippen LogP contribution in [0.1, 0.15) is 34.5 Å². The quantitative estimate of drug-likeness (QED) is 0.794. The van der Waals surface area contributed by atoms with Gasteiger partial charge < -0.3 is 10.2 Å². The lowest BCUT2D eigenvalue weighted by atomic mass is 10.0. The highest BCUT2D eigenvalue weighted by molar-refractivity contribution is 5.93. The van der Waals surface area contributed by atoms with Gasteiger partial charge in [-0.2, -0.15) is 13.2 Å². The Bertz CT molecular complexity index is 949. The molecule has 0 bridgehead atoms. The van der Waals surface area contributed by atoms with Crippen LogP contribution in [0.5, 0.6) is 0 Å². The van der Waals surface area contributed by atoms with Crippen LogP contribution < -0.4 is 15.8 Å². The van der Waals surface area contributed by atoms with E-state index in [1.165, 1.54) is 4.90 Å². The van der Waals surface area contributed by atoms with Crippen LogP contribution in [0, 0.1) is 5.82 Å². The third-order valence-electron chi connectivity index (χ3n) is 4.32. The van der Waals surface area contributed by atoms with Crippen LogP contribution in [0.3, 0.4) is 0 Å². The zero-order valence-electron chi connectivity index (χ0n) is 14.4. The zero-order valence-corrected chi connectivity index (χ0v) is 14.4. The number of hydrogen-bond acceptors (Lipinski definition) is 4. The minimum absolute atomic E-state index is 0.138. The molecule has 1 saturated carbocycles. The SMILES string of the molecule is CN(C)c1nc(C(=O)NC2(c3ccc(C(F)(F)F)c(F)c3)CC2)cc(=O)[nH]1. The number of aromatic amines is 1. The molecule has 0 aliphatic heterocycles. The molecular formula is C17H16F4N4O2. The number of anilines is 1. The molecule has 1 aliphatic rings. The van der Waals surface area contributed by atoms with Crippen LogP contribution in [0.4, 0.5) is 23.5 Å². The van der Waals surface area contributed by atoms with Crippen molar-refractivity contribution in [1.29, 1.82) is 0 Å². The van der Waals surface area contributed by atoms with Crippen LogP contribution in [0.15, 0.2) is 29.1 Å². The van der Waals surface area contributed by atoms with Gasteiger partial charge in [-0.25, -0.2) is 9.37 Å². The average molecular weight is 384 g/mol. The molecule has 2 N–H and O–H groups in total. The molecule has 1 amide bonds. The van der Waals surface area contributed by atoms with Crippen LogP contribution in [0.25, 0.3) is 0 Å². The van der Waals surface area contributed by atoms with Gasteiger partial charge in [0.2, 0.25) is 5.95 Å². The van der Waals surface area contributed by atoms with Gasteiger partial charge in [-0.15, -0.1) is 0 Å². The predicted octanol–water partition coefficient (Wildman–Crippen LogP) is 2.41. The Kier molecular flexibility index (Phi) is 4.44. The first-order valence-corrected chi connectivity index (χ1v) is 8.00. The van der Waals surface area contributed by atoms with E-state index in [2.05, 4.69) is 15.3 Å². The molecule has 1 aliphatic carbocycles. The molecule has 0 unspecified atom stereocenters. The molecule has 1 heterocycles. The van der Waals surface area contributed by atoms with Crippen molar-refractivity contribution in [2.75, 3.05) is 19.0 Å². The number of nitrogens with one attached hydrogen (secondary N) is 2. The fourth-order valence-corrected chi connectivity index (χ4v) is 2.71. The van der Waals surface area contributed by atoms with Crippen molar-refractivity contribution in [3.8, 4) is 0 Å². The van der Waals surface area contributed by atoms with Crippen molar-refractivity contribution in [3.05, 3.63) is 57.3 Å². The molecule has 0 radical (unpaired) electrons. The number of alkyl halides is 3. The molecule has 2 aromatic rings. The van der Waals surface area contributed by atoms with Crippen LogP contribution in [0.2, 0.25) is 0 Å². The minimum Gasteiger partial charge on any atom is -0.348 e. The van der Waals surface area contributed by atoms with Gasteiger partial charge in [0.05, 0.1) is 11.1 Å². The normalized spacial score (nSPS) is 15.3. The molecule has 0 spiro atoms. The molecule has 1 aromatic carbocycles. The Morgan fingerprint density at radius 3 is 2.44 bits per heavy atom. The van der Waals surface area contributed by atoms with E-state index in [1.54, 1.807) is 14.1 Å². The Morgan fingerprint density at radius 2 is 1.93 bits per heavy atom. The van der Waals surface area contributed by atoms with Gasteiger partial charge in [0.15, 0.2) is 0 Å². The summed E-state index contributed by atoms with van der Waals surface area (Å²) in [5, 5.41) is 2.66. The van der Waals surface area contributed by atoms with Crippen LogP contribution >= 0.6 is 0 Å². The number of H-pyrrole nitrogens is 1. The molecule has 27 heavy (non-hydrogen) atoms. The summed E-state index contributed by atoms with van der Waals surface area (Å²) in [5.41, 5.74) is -2.75. The Labute approximate surface area is 151 Å². The predicted molar refractivity (Wildman–Crippen MR) is 89.0 cm³/mol. The van der Waals surface area contributed by atoms with Crippen molar-refractivity contribution in [2.45, 2.75) is 24.6 Å². The summed E-state index contributed by atoms with van der Waals surface area (Å²) in [5.74, 6) is -1.88. The maximum Gasteiger partial charge on any atom is 0.419 e. The summed E-state index contributed by atoms with van der Waals surface area (Å²) in [6.45, 7) is 0. The fraction of sp³-hybridized carbons (Fsp3) is 0.353. The molecule has 1 aromatic heterocycles. The van der Waals surface area contributed by atoms with Crippen molar-refractivity contribution in [1.82, 2.24) is 15.3 Å². The van der Waals surface area contributed by atoms with Crippen molar-refractivity contribution in [2.24, 2.45) is 0 Å². The Balaban J connectivity index is 1.87. The lowest BCUT2D eigenvalue weighted by Crippen LogP contribution is -2.36. The number of amides is 1. The van der Waals surface area contributed by atoms with E-state index in [4.69, 9.17) is 0 Å². The number of nitrogens with zero attached hydrogens (tertiary/aromatic N) is 2. The second kappa shape index (κ2) is 6.36. The number of carbonyl (C=O) groups excluding carboxylic acids is 1. The summed E-state index contributed by atoms with van der Waals surface area (Å²) >= 11 is 0. The summed E-state index contributed by atoms with van der Waals surface area (Å²) in [4.78, 5) is 32.2. The average Bonchev–Trinajstić information content (AvgIpc) is 3.33. The second-order valence-corrected chi connectivity index (χ2v) is 6.58. The van der Waals surface area contributed by atoms with Gasteiger partial charge in [-0.3, -0.25) is 14.6 Å². The van der Waals surface area contributed by atoms with Gasteiger partial charge in [0.1, 0.15) is 11.5 Å². The van der Waals surface area contributed by atoms with Crippen LogP contribution in [-0.2, 0) is 11.7 Å². The number of halogens is 4. The second-order valence-electron chi connectivity index (χ2n) is 6.58. The summed E-state index contributed by atoms with van der Waals surface area (Å²) in [6, 6.07) is 3.61. The first-order chi connectivity index (χ1) is 12.5. The third kappa shape index (κ3) is 3.79. The highest BCUT2D eigenvalue weighted by Gasteiger charge is 2.47. The number of carbonyl (C=O) groups is 1. The van der Waals surface area contributed by atoms with Gasteiger partial charge in [0, 0.05) is 20.2 Å². The molecule has 3 rings (SSSR count). The van der Waals surface area contributed by atoms with Crippen molar-refractivity contribution in [3.63, 3.8) is 0 Å². The zero-order chi connectivity index (χ0) is 20.0. The van der Waals surface area contributed by atoms with Gasteiger partial charge in [-0.05, 0) is 30.5 Å². The Hall–Kier alpha value is -2.91. The monoisotopic (exact) mass is 384 g/mol. The molecule has 10 heteroatoms. The standard InChI is InChI=1S/C17H16F4N4O2/c1-25(2)15-22-12(8-13(26)23-15)14(27)24-16(5-6-16)9-3-4-10(11(18)7-9)17(19,20)21/h3-4,7-8H,5-6H2,1-2H3,(H,24,27)(H,22,23,26). The number of aromatic nitrogens is 2. The lowest BCUT2D eigenvalue weighted by molar-refractivity contribution is -0.140. The number of hydrogen-bond donors (Lipinski definition) is 2. The van der Waals surface area contributed by atoms with E-state index in [0.717, 1.165) is 18.2 Å². The molecular weight excluding hydrogens is 368 g/mol. The van der Waals surface area contributed by atoms with Gasteiger partial charge >= 0.3 is 6.18 Å². The summed E-state index contributed by atoms with van der Waals surface area (Å²) in [6.07, 6.45) is -3.92. The minimum atomic E-state index is -4.79. The summed E-state index contributed by atoms with van der Waals surface area (Å²) in [7, 11) is 3.26. The number of rotatable bonds is 4. The first kappa shape index (κ1) is 18.9. The molecule has 0 atom stereocenters. The molecule has 6 nitrogen and oxygen atoms in total. The number of benzene rings is 1. The van der Waals surface area contributed by atoms with Gasteiger partial charge in [0.25, 0.3) is 11.5 Å². The van der Waals surface area contributed by atoms with E-state index in [1.807, 2.05) is 0 Å². The van der Waals surface area contributed by atoms with Crippen molar-refractivity contribution >= 4 is 11.9 Å². The van der Waals surface area contributed by atoms with E-state index in [9.17, 15) is 27.2 Å². The lowest BCUT2D eigenvalue weighted by Gasteiger charge is -2.19. The molecule has 1 fully saturated rings. The topological polar surface area (TPSA) is 78.1 Å². The van der Waals surface area contributed by atoms with Crippen molar-refractivity contribution < 1.29 is 22.4 Å². The maximum absolute atomic E-state index is 13.9. The largest absolute Gasteiger partial charge is 0.419 e. The maximum atomic E-state index is 13.9. The van der Waals surface area contributed by atoms with E-state index in [0.29, 0.717) is 18.9 Å². The highest BCUT2D eigenvalue weighted by atomic mass is 19.4. The third-order valence-corrected chi connectivity index (χ3v) is 4.32. The van der Waals surface area contributed by atoms with E-state index in [-0.39, 0.29) is 17.2 Å². The Morgan fingerprint density at radius 1 is 1.26 bits per heavy atom. The highest BCUT2D eigenvalue weighted by Crippen LogP contribution is 2.46. The van der Waals surface area contributed by atoms with E-state index >= 15 is 0 Å². The molecule has 144 valence electrons. The smallest absolute Gasteiger partial charge is 0.348 e. The van der Waals surface area contributed by atoms with Gasteiger partial charge in [-0.1, -0.05) is 6.07 Å².